The van der Waals surface area contributed by atoms with Crippen LogP contribution in [-0.2, 0) is 14.4 Å². The van der Waals surface area contributed by atoms with Crippen molar-refractivity contribution in [1.82, 2.24) is 9.80 Å². The normalized spacial score (nSPS) is 17.7. The minimum atomic E-state index is -1.21. The topological polar surface area (TPSA) is 118 Å². The molecule has 2 amide bonds. The molecule has 0 bridgehead atoms. The van der Waals surface area contributed by atoms with Crippen LogP contribution in [0.4, 0.5) is 0 Å². The number of phenolic OH excluding ortho intramolecular Hbond substituents is 2. The summed E-state index contributed by atoms with van der Waals surface area (Å²) in [5.41, 5.74) is 0.466. The molecular weight excluding hydrogens is 328 g/mol. The number of carboxylic acids is 1. The fourth-order valence-corrected chi connectivity index (χ4v) is 2.78. The quantitative estimate of drug-likeness (QED) is 0.704. The third-order valence-electron chi connectivity index (χ3n) is 3.93. The number of nitrogens with zero attached hydrogens (tertiary/aromatic N) is 2. The largest absolute Gasteiger partial charge is 0.504 e. The summed E-state index contributed by atoms with van der Waals surface area (Å²) in [6.07, 6.45) is 1.41. The van der Waals surface area contributed by atoms with Gasteiger partial charge in [-0.3, -0.25) is 19.3 Å². The van der Waals surface area contributed by atoms with Crippen molar-refractivity contribution in [2.24, 2.45) is 5.92 Å². The molecule has 0 aliphatic carbocycles. The van der Waals surface area contributed by atoms with Crippen molar-refractivity contribution >= 4 is 23.5 Å². The van der Waals surface area contributed by atoms with Crippen LogP contribution in [0.25, 0.3) is 5.70 Å². The molecule has 1 aliphatic rings. The Hall–Kier alpha value is -3.03. The van der Waals surface area contributed by atoms with E-state index >= 15 is 0 Å². The van der Waals surface area contributed by atoms with Crippen molar-refractivity contribution < 1.29 is 29.7 Å². The van der Waals surface area contributed by atoms with Gasteiger partial charge in [0.05, 0.1) is 5.70 Å². The first kappa shape index (κ1) is 18.3. The molecule has 2 rings (SSSR count). The molecule has 0 saturated carbocycles. The van der Waals surface area contributed by atoms with Crippen LogP contribution >= 0.6 is 0 Å². The van der Waals surface area contributed by atoms with E-state index in [0.29, 0.717) is 5.56 Å². The molecule has 1 heterocycles. The Kier molecular flexibility index (Phi) is 5.01. The minimum absolute atomic E-state index is 0.162. The van der Waals surface area contributed by atoms with E-state index in [-0.39, 0.29) is 23.3 Å². The first-order valence-corrected chi connectivity index (χ1v) is 7.69. The van der Waals surface area contributed by atoms with Crippen LogP contribution in [0.2, 0.25) is 0 Å². The molecule has 0 radical (unpaired) electrons. The third-order valence-corrected chi connectivity index (χ3v) is 3.93. The van der Waals surface area contributed by atoms with Gasteiger partial charge in [-0.15, -0.1) is 0 Å². The molecule has 8 nitrogen and oxygen atoms in total. The summed E-state index contributed by atoms with van der Waals surface area (Å²) in [6.45, 7) is 4.27. The summed E-state index contributed by atoms with van der Waals surface area (Å²) < 4.78 is 0. The molecule has 8 heteroatoms. The predicted octanol–water partition coefficient (Wildman–Crippen LogP) is 1.20. The van der Waals surface area contributed by atoms with E-state index in [0.717, 1.165) is 4.90 Å². The molecule has 0 aromatic heterocycles. The molecule has 0 fully saturated rings. The molecular formula is C17H20N2O6. The van der Waals surface area contributed by atoms with Crippen molar-refractivity contribution in [3.8, 4) is 11.5 Å². The van der Waals surface area contributed by atoms with Crippen LogP contribution in [0.5, 0.6) is 11.5 Å². The summed E-state index contributed by atoms with van der Waals surface area (Å²) in [5.74, 6) is -3.07. The highest BCUT2D eigenvalue weighted by Crippen LogP contribution is 2.34. The Bertz CT molecular complexity index is 756. The monoisotopic (exact) mass is 348 g/mol. The molecule has 0 spiro atoms. The van der Waals surface area contributed by atoms with Crippen LogP contribution in [0.15, 0.2) is 24.4 Å². The lowest BCUT2D eigenvalue weighted by molar-refractivity contribution is -0.148. The van der Waals surface area contributed by atoms with E-state index in [2.05, 4.69) is 0 Å². The zero-order valence-corrected chi connectivity index (χ0v) is 14.1. The lowest BCUT2D eigenvalue weighted by Crippen LogP contribution is -2.55. The average molecular weight is 348 g/mol. The number of hydrogen-bond acceptors (Lipinski definition) is 5. The van der Waals surface area contributed by atoms with Gasteiger partial charge < -0.3 is 20.2 Å². The van der Waals surface area contributed by atoms with Gasteiger partial charge in [-0.25, -0.2) is 0 Å². The van der Waals surface area contributed by atoms with Gasteiger partial charge in [-0.05, 0) is 24.1 Å². The fourth-order valence-electron chi connectivity index (χ4n) is 2.78. The molecule has 134 valence electrons. The zero-order chi connectivity index (χ0) is 18.9. The second-order valence-electron chi connectivity index (χ2n) is 6.15. The van der Waals surface area contributed by atoms with E-state index in [9.17, 15) is 24.6 Å². The van der Waals surface area contributed by atoms with E-state index in [1.807, 2.05) is 0 Å². The van der Waals surface area contributed by atoms with Gasteiger partial charge in [-0.1, -0.05) is 13.8 Å². The SMILES string of the molecule is CC(=O)N1C=C(c2ccc(O)c(O)c2)N(CC(=O)O)C(=O)C1C(C)C. The smallest absolute Gasteiger partial charge is 0.323 e. The summed E-state index contributed by atoms with van der Waals surface area (Å²) >= 11 is 0. The average Bonchev–Trinajstić information content (AvgIpc) is 2.50. The van der Waals surface area contributed by atoms with E-state index in [1.165, 1.54) is 36.2 Å². The second-order valence-corrected chi connectivity index (χ2v) is 6.15. The molecule has 1 atom stereocenters. The Morgan fingerprint density at radius 3 is 2.32 bits per heavy atom. The highest BCUT2D eigenvalue weighted by Gasteiger charge is 2.40. The number of carbonyl (C=O) groups excluding carboxylic acids is 2. The maximum atomic E-state index is 12.9. The van der Waals surface area contributed by atoms with Crippen LogP contribution in [-0.4, -0.2) is 55.5 Å². The molecule has 3 N–H and O–H groups in total. The molecule has 1 unspecified atom stereocenters. The Labute approximate surface area is 144 Å². The van der Waals surface area contributed by atoms with Gasteiger partial charge >= 0.3 is 5.97 Å². The Morgan fingerprint density at radius 2 is 1.84 bits per heavy atom. The highest BCUT2D eigenvalue weighted by atomic mass is 16.4. The molecule has 0 saturated heterocycles. The molecule has 1 aliphatic heterocycles. The zero-order valence-electron chi connectivity index (χ0n) is 14.1. The fraction of sp³-hybridized carbons (Fsp3) is 0.353. The Morgan fingerprint density at radius 1 is 1.20 bits per heavy atom. The maximum absolute atomic E-state index is 12.9. The van der Waals surface area contributed by atoms with E-state index in [4.69, 9.17) is 5.11 Å². The number of benzene rings is 1. The maximum Gasteiger partial charge on any atom is 0.323 e. The van der Waals surface area contributed by atoms with Crippen LogP contribution < -0.4 is 0 Å². The predicted molar refractivity (Wildman–Crippen MR) is 88.2 cm³/mol. The first-order chi connectivity index (χ1) is 11.6. The number of hydrogen-bond donors (Lipinski definition) is 3. The van der Waals surface area contributed by atoms with Gasteiger partial charge in [0.1, 0.15) is 12.6 Å². The van der Waals surface area contributed by atoms with E-state index < -0.39 is 30.2 Å². The van der Waals surface area contributed by atoms with Crippen molar-refractivity contribution in [2.75, 3.05) is 6.54 Å². The van der Waals surface area contributed by atoms with Crippen molar-refractivity contribution in [3.05, 3.63) is 30.0 Å². The summed E-state index contributed by atoms with van der Waals surface area (Å²) in [5, 5.41) is 28.3. The van der Waals surface area contributed by atoms with Crippen LogP contribution in [0.1, 0.15) is 26.3 Å². The lowest BCUT2D eigenvalue weighted by atomic mass is 9.97. The van der Waals surface area contributed by atoms with E-state index in [1.54, 1.807) is 13.8 Å². The standard InChI is InChI=1S/C17H20N2O6/c1-9(2)16-17(25)19(8-15(23)24)12(7-18(16)10(3)20)11-4-5-13(21)14(22)6-11/h4-7,9,16,21-22H,8H2,1-3H3,(H,23,24). The first-order valence-electron chi connectivity index (χ1n) is 7.69. The van der Waals surface area contributed by atoms with Crippen LogP contribution in [0, 0.1) is 5.92 Å². The lowest BCUT2D eigenvalue weighted by Gasteiger charge is -2.40. The third kappa shape index (κ3) is 3.57. The molecule has 1 aromatic carbocycles. The van der Waals surface area contributed by atoms with Crippen molar-refractivity contribution in [3.63, 3.8) is 0 Å². The number of amides is 2. The van der Waals surface area contributed by atoms with Crippen molar-refractivity contribution in [1.29, 1.82) is 0 Å². The number of carbonyl (C=O) groups is 3. The number of aliphatic carboxylic acids is 1. The second kappa shape index (κ2) is 6.84. The molecule has 25 heavy (non-hydrogen) atoms. The number of rotatable bonds is 4. The van der Waals surface area contributed by atoms with Gasteiger partial charge in [0.15, 0.2) is 11.5 Å². The number of aromatic hydroxyl groups is 2. The number of carboxylic acid groups (broad SMARTS) is 1. The van der Waals surface area contributed by atoms with Gasteiger partial charge in [0.2, 0.25) is 5.91 Å². The Balaban J connectivity index is 2.63. The summed E-state index contributed by atoms with van der Waals surface area (Å²) in [6, 6.07) is 3.04. The van der Waals surface area contributed by atoms with Gasteiger partial charge in [-0.2, -0.15) is 0 Å². The van der Waals surface area contributed by atoms with Gasteiger partial charge in [0, 0.05) is 18.7 Å². The highest BCUT2D eigenvalue weighted by molar-refractivity contribution is 5.98. The molecule has 1 aromatic rings. The number of phenols is 2. The summed E-state index contributed by atoms with van der Waals surface area (Å²) in [4.78, 5) is 38.4. The summed E-state index contributed by atoms with van der Waals surface area (Å²) in [7, 11) is 0. The van der Waals surface area contributed by atoms with Crippen molar-refractivity contribution in [2.45, 2.75) is 26.8 Å². The minimum Gasteiger partial charge on any atom is -0.504 e. The van der Waals surface area contributed by atoms with Gasteiger partial charge in [0.25, 0.3) is 5.91 Å². The van der Waals surface area contributed by atoms with Crippen LogP contribution in [0.3, 0.4) is 0 Å².